The van der Waals surface area contributed by atoms with E-state index in [2.05, 4.69) is 29.3 Å². The molecule has 6 heteroatoms. The maximum atomic E-state index is 12.6. The maximum absolute atomic E-state index is 12.6. The number of amides is 1. The summed E-state index contributed by atoms with van der Waals surface area (Å²) >= 11 is 5.96. The zero-order valence-corrected chi connectivity index (χ0v) is 12.9. The zero-order valence-electron chi connectivity index (χ0n) is 12.2. The summed E-state index contributed by atoms with van der Waals surface area (Å²) in [6, 6.07) is 3.80. The van der Waals surface area contributed by atoms with Gasteiger partial charge in [-0.25, -0.2) is 4.98 Å². The lowest BCUT2D eigenvalue weighted by Crippen LogP contribution is -2.47. The lowest BCUT2D eigenvalue weighted by atomic mass is 10.0. The molecule has 0 radical (unpaired) electrons. The minimum atomic E-state index is 0.0253. The second-order valence-corrected chi connectivity index (χ2v) is 5.71. The fourth-order valence-electron chi connectivity index (χ4n) is 2.49. The third-order valence-corrected chi connectivity index (χ3v) is 3.90. The van der Waals surface area contributed by atoms with Crippen LogP contribution < -0.4 is 5.32 Å². The Morgan fingerprint density at radius 2 is 2.25 bits per heavy atom. The second-order valence-electron chi connectivity index (χ2n) is 5.32. The van der Waals surface area contributed by atoms with Gasteiger partial charge in [0.05, 0.1) is 0 Å². The molecule has 2 heterocycles. The molecule has 2 rings (SSSR count). The average molecular weight is 297 g/mol. The molecule has 1 saturated heterocycles. The molecule has 1 aromatic rings. The Bertz CT molecular complexity index is 492. The molecule has 0 saturated carbocycles. The smallest absolute Gasteiger partial charge is 0.254 e. The number of carbonyl (C=O) groups excluding carboxylic acids is 1. The number of nitrogens with one attached hydrogen (secondary N) is 1. The average Bonchev–Trinajstić information content (AvgIpc) is 2.45. The summed E-state index contributed by atoms with van der Waals surface area (Å²) in [5.41, 5.74) is 0.591. The van der Waals surface area contributed by atoms with Crippen LogP contribution in [-0.2, 0) is 0 Å². The Hall–Kier alpha value is -1.33. The van der Waals surface area contributed by atoms with Crippen molar-refractivity contribution in [3.05, 3.63) is 22.8 Å². The van der Waals surface area contributed by atoms with E-state index in [0.29, 0.717) is 22.6 Å². The van der Waals surface area contributed by atoms with Gasteiger partial charge in [0.15, 0.2) is 0 Å². The van der Waals surface area contributed by atoms with Crippen LogP contribution in [0.25, 0.3) is 0 Å². The van der Waals surface area contributed by atoms with Gasteiger partial charge in [-0.2, -0.15) is 0 Å². The highest BCUT2D eigenvalue weighted by atomic mass is 35.5. The maximum Gasteiger partial charge on any atom is 0.254 e. The molecule has 110 valence electrons. The van der Waals surface area contributed by atoms with E-state index in [4.69, 9.17) is 11.6 Å². The molecule has 1 aliphatic heterocycles. The molecule has 20 heavy (non-hydrogen) atoms. The molecule has 0 aliphatic carbocycles. The van der Waals surface area contributed by atoms with Crippen molar-refractivity contribution in [1.82, 2.24) is 14.8 Å². The number of halogens is 1. The van der Waals surface area contributed by atoms with Crippen LogP contribution in [0.3, 0.4) is 0 Å². The molecular weight excluding hydrogens is 276 g/mol. The summed E-state index contributed by atoms with van der Waals surface area (Å²) in [7, 11) is 5.87. The van der Waals surface area contributed by atoms with Crippen LogP contribution in [0.15, 0.2) is 12.1 Å². The largest absolute Gasteiger partial charge is 0.373 e. The van der Waals surface area contributed by atoms with Gasteiger partial charge in [-0.3, -0.25) is 4.79 Å². The van der Waals surface area contributed by atoms with E-state index >= 15 is 0 Å². The summed E-state index contributed by atoms with van der Waals surface area (Å²) in [6.45, 7) is 1.57. The summed E-state index contributed by atoms with van der Waals surface area (Å²) in [6.07, 6.45) is 2.17. The summed E-state index contributed by atoms with van der Waals surface area (Å²) in [5, 5.41) is 3.25. The van der Waals surface area contributed by atoms with Gasteiger partial charge < -0.3 is 15.1 Å². The van der Waals surface area contributed by atoms with E-state index in [1.54, 1.807) is 19.2 Å². The molecule has 1 aliphatic rings. The number of likely N-dealkylation sites (N-methyl/N-ethyl adjacent to an activating group) is 1. The predicted molar refractivity (Wildman–Crippen MR) is 81.4 cm³/mol. The van der Waals surface area contributed by atoms with Gasteiger partial charge in [0.1, 0.15) is 11.0 Å². The first-order chi connectivity index (χ1) is 9.51. The van der Waals surface area contributed by atoms with Crippen molar-refractivity contribution in [3.63, 3.8) is 0 Å². The molecule has 1 atom stereocenters. The van der Waals surface area contributed by atoms with Gasteiger partial charge >= 0.3 is 0 Å². The highest BCUT2D eigenvalue weighted by Gasteiger charge is 2.26. The summed E-state index contributed by atoms with van der Waals surface area (Å²) < 4.78 is 0. The molecular formula is C14H21ClN4O. The number of piperidine rings is 1. The van der Waals surface area contributed by atoms with E-state index in [0.717, 1.165) is 25.9 Å². The number of pyridine rings is 1. The van der Waals surface area contributed by atoms with Crippen molar-refractivity contribution < 1.29 is 4.79 Å². The van der Waals surface area contributed by atoms with Gasteiger partial charge in [-0.05, 0) is 39.1 Å². The first-order valence-corrected chi connectivity index (χ1v) is 7.20. The van der Waals surface area contributed by atoms with E-state index < -0.39 is 0 Å². The van der Waals surface area contributed by atoms with Crippen molar-refractivity contribution in [2.75, 3.05) is 39.5 Å². The lowest BCUT2D eigenvalue weighted by Gasteiger charge is -2.36. The zero-order chi connectivity index (χ0) is 14.7. The number of aromatic nitrogens is 1. The van der Waals surface area contributed by atoms with Crippen LogP contribution in [-0.4, -0.2) is 61.0 Å². The minimum Gasteiger partial charge on any atom is -0.373 e. The number of rotatable bonds is 3. The van der Waals surface area contributed by atoms with Crippen LogP contribution in [0.5, 0.6) is 0 Å². The fraction of sp³-hybridized carbons (Fsp3) is 0.571. The quantitative estimate of drug-likeness (QED) is 0.866. The lowest BCUT2D eigenvalue weighted by molar-refractivity contribution is 0.0635. The van der Waals surface area contributed by atoms with Crippen molar-refractivity contribution >= 4 is 23.3 Å². The van der Waals surface area contributed by atoms with Crippen LogP contribution in [0, 0.1) is 0 Å². The van der Waals surface area contributed by atoms with E-state index in [-0.39, 0.29) is 5.91 Å². The van der Waals surface area contributed by atoms with Crippen molar-refractivity contribution in [2.24, 2.45) is 0 Å². The van der Waals surface area contributed by atoms with Gasteiger partial charge in [0.2, 0.25) is 0 Å². The minimum absolute atomic E-state index is 0.0253. The molecule has 1 N–H and O–H groups in total. The summed E-state index contributed by atoms with van der Waals surface area (Å²) in [4.78, 5) is 20.8. The summed E-state index contributed by atoms with van der Waals surface area (Å²) in [5.74, 6) is 0.638. The van der Waals surface area contributed by atoms with Crippen molar-refractivity contribution in [1.29, 1.82) is 0 Å². The number of likely N-dealkylation sites (tertiary alicyclic amines) is 1. The highest BCUT2D eigenvalue weighted by molar-refractivity contribution is 6.29. The predicted octanol–water partition coefficient (Wildman–Crippen LogP) is 1.94. The van der Waals surface area contributed by atoms with E-state index in [1.807, 2.05) is 4.90 Å². The van der Waals surface area contributed by atoms with Crippen LogP contribution in [0.4, 0.5) is 5.82 Å². The van der Waals surface area contributed by atoms with Crippen LogP contribution in [0.1, 0.15) is 23.2 Å². The Balaban J connectivity index is 2.16. The van der Waals surface area contributed by atoms with E-state index in [1.165, 1.54) is 0 Å². The molecule has 5 nitrogen and oxygen atoms in total. The van der Waals surface area contributed by atoms with Gasteiger partial charge in [-0.1, -0.05) is 11.6 Å². The molecule has 1 amide bonds. The third kappa shape index (κ3) is 3.41. The Morgan fingerprint density at radius 3 is 2.90 bits per heavy atom. The molecule has 0 spiro atoms. The fourth-order valence-corrected chi connectivity index (χ4v) is 2.70. The SMILES string of the molecule is CNc1cc(C(=O)N2CCCC(N(C)C)C2)cc(Cl)n1. The van der Waals surface area contributed by atoms with Crippen molar-refractivity contribution in [3.8, 4) is 0 Å². The molecule has 1 aromatic heterocycles. The standard InChI is InChI=1S/C14H21ClN4O/c1-16-13-8-10(7-12(15)17-13)14(20)19-6-4-5-11(9-19)18(2)3/h7-8,11H,4-6,9H2,1-3H3,(H,16,17). The van der Waals surface area contributed by atoms with Gasteiger partial charge in [0.25, 0.3) is 5.91 Å². The molecule has 1 fully saturated rings. The Labute approximate surface area is 124 Å². The topological polar surface area (TPSA) is 48.5 Å². The normalized spacial score (nSPS) is 19.2. The highest BCUT2D eigenvalue weighted by Crippen LogP contribution is 2.19. The monoisotopic (exact) mass is 296 g/mol. The molecule has 0 aromatic carbocycles. The second kappa shape index (κ2) is 6.41. The third-order valence-electron chi connectivity index (χ3n) is 3.71. The van der Waals surface area contributed by atoms with Crippen LogP contribution >= 0.6 is 11.6 Å². The molecule has 0 bridgehead atoms. The van der Waals surface area contributed by atoms with Gasteiger partial charge in [-0.15, -0.1) is 0 Å². The molecule has 1 unspecified atom stereocenters. The number of anilines is 1. The van der Waals surface area contributed by atoms with E-state index in [9.17, 15) is 4.79 Å². The number of hydrogen-bond donors (Lipinski definition) is 1. The van der Waals surface area contributed by atoms with Gasteiger partial charge in [0, 0.05) is 31.7 Å². The Morgan fingerprint density at radius 1 is 1.50 bits per heavy atom. The Kier molecular flexibility index (Phi) is 4.83. The van der Waals surface area contributed by atoms with Crippen molar-refractivity contribution in [2.45, 2.75) is 18.9 Å². The number of nitrogens with zero attached hydrogens (tertiary/aromatic N) is 3. The van der Waals surface area contributed by atoms with Crippen LogP contribution in [0.2, 0.25) is 5.15 Å². The number of hydrogen-bond acceptors (Lipinski definition) is 4. The number of carbonyl (C=O) groups is 1. The first-order valence-electron chi connectivity index (χ1n) is 6.82. The first kappa shape index (κ1) is 15.1.